The second-order valence-electron chi connectivity index (χ2n) is 18.1. The number of aromatic amines is 2. The Morgan fingerprint density at radius 3 is 1.59 bits per heavy atom. The van der Waals surface area contributed by atoms with Gasteiger partial charge in [0, 0.05) is 103 Å². The van der Waals surface area contributed by atoms with E-state index in [0.717, 1.165) is 74.1 Å². The predicted molar refractivity (Wildman–Crippen MR) is 297 cm³/mol. The van der Waals surface area contributed by atoms with Gasteiger partial charge in [0.2, 0.25) is 11.8 Å². The molecule has 0 saturated carbocycles. The quantitative estimate of drug-likeness (QED) is 0.0996. The molecule has 2 aliphatic heterocycles. The highest BCUT2D eigenvalue weighted by Crippen LogP contribution is 2.26. The highest BCUT2D eigenvalue weighted by Gasteiger charge is 2.28. The molecule has 0 bridgehead atoms. The monoisotopic (exact) mass is 1020 g/mol. The Morgan fingerprint density at radius 2 is 1.07 bits per heavy atom. The van der Waals surface area contributed by atoms with Crippen molar-refractivity contribution >= 4 is 67.0 Å². The topological polar surface area (TPSA) is 105 Å². The van der Waals surface area contributed by atoms with Crippen LogP contribution in [-0.2, 0) is 33.8 Å². The number of likely N-dealkylation sites (tertiary alicyclic amines) is 2. The van der Waals surface area contributed by atoms with Crippen molar-refractivity contribution in [3.05, 3.63) is 169 Å². The number of aromatic nitrogens is 2. The Morgan fingerprint density at radius 1 is 0.606 bits per heavy atom. The minimum absolute atomic E-state index is 0.106. The number of hydrogen-bond donors (Lipinski definition) is 2. The van der Waals surface area contributed by atoms with Crippen LogP contribution in [-0.4, -0.2) is 88.8 Å². The summed E-state index contributed by atoms with van der Waals surface area (Å²) in [7, 11) is 0. The van der Waals surface area contributed by atoms with Gasteiger partial charge in [0.25, 0.3) is 0 Å². The number of nitrogens with zero attached hydrogens (tertiary/aromatic N) is 4. The second-order valence-corrected chi connectivity index (χ2v) is 18.9. The summed E-state index contributed by atoms with van der Waals surface area (Å²) in [5.41, 5.74) is 8.16. The molecule has 10 nitrogen and oxygen atoms in total. The summed E-state index contributed by atoms with van der Waals surface area (Å²) in [6.45, 7) is 14.2. The number of piperidine rings is 2. The number of fused-ring (bicyclic) bond motifs is 2. The summed E-state index contributed by atoms with van der Waals surface area (Å²) in [4.78, 5) is 52.4. The van der Waals surface area contributed by atoms with Crippen LogP contribution in [0.5, 0.6) is 0 Å². The molecule has 2 atom stereocenters. The van der Waals surface area contributed by atoms with Gasteiger partial charge in [0.1, 0.15) is 6.61 Å². The van der Waals surface area contributed by atoms with Crippen molar-refractivity contribution < 1.29 is 19.1 Å². The maximum atomic E-state index is 12.6. The van der Waals surface area contributed by atoms with E-state index >= 15 is 0 Å². The van der Waals surface area contributed by atoms with Crippen LogP contribution in [0, 0.1) is 11.8 Å². The molecule has 11 heteroatoms. The third-order valence-corrected chi connectivity index (χ3v) is 13.6. The first kappa shape index (κ1) is 54.2. The number of amides is 3. The van der Waals surface area contributed by atoms with E-state index in [1.54, 1.807) is 4.90 Å². The van der Waals surface area contributed by atoms with Gasteiger partial charge in [-0.2, -0.15) is 0 Å². The predicted octanol–water partition coefficient (Wildman–Crippen LogP) is 13.5. The molecule has 2 N–H and O–H groups in total. The van der Waals surface area contributed by atoms with E-state index < -0.39 is 0 Å². The summed E-state index contributed by atoms with van der Waals surface area (Å²) >= 11 is 3.44. The molecule has 2 aliphatic rings. The van der Waals surface area contributed by atoms with Gasteiger partial charge in [-0.3, -0.25) is 9.59 Å². The van der Waals surface area contributed by atoms with Crippen LogP contribution in [0.1, 0.15) is 82.9 Å². The van der Waals surface area contributed by atoms with Gasteiger partial charge < -0.3 is 34.3 Å². The lowest BCUT2D eigenvalue weighted by Crippen LogP contribution is -2.45. The van der Waals surface area contributed by atoms with Crippen molar-refractivity contribution in [2.45, 2.75) is 85.7 Å². The van der Waals surface area contributed by atoms with E-state index in [4.69, 9.17) is 4.74 Å². The Kier molecular flexibility index (Phi) is 22.3. The van der Waals surface area contributed by atoms with Crippen LogP contribution in [0.3, 0.4) is 0 Å². The number of carbonyl (C=O) groups is 3. The molecule has 71 heavy (non-hydrogen) atoms. The zero-order chi connectivity index (χ0) is 50.2. The third kappa shape index (κ3) is 16.2. The van der Waals surface area contributed by atoms with E-state index in [2.05, 4.69) is 91.7 Å². The van der Waals surface area contributed by atoms with E-state index in [-0.39, 0.29) is 30.4 Å². The lowest BCUT2D eigenvalue weighted by molar-refractivity contribution is -0.119. The standard InChI is InChI=1S/C25H31N3O.C23H28N2O3.C10H10BrN.C2H6/c1-2-25(29)28(22-10-4-3-5-11-22)19-20-9-8-15-27(18-20)16-14-21-17-26-24-13-7-6-12-23(21)24;1-2-22(26)25(21-13-7-4-8-14-21)17-20-12-9-15-24(16-20)23(27)28-18-19-10-5-3-6-11-19;11-6-5-8-7-12-10-4-2-1-3-9(8)10;1-2/h3-7,10-13,17,20,26H,2,8-9,14-16,18-19H2,1H3;3-8,10-11,13-14,20H,2,9,12,15-18H2,1H3;1-4,7,12H,5-6H2;1-2H3/t2*20-;;/m11../s1. The van der Waals surface area contributed by atoms with Crippen molar-refractivity contribution in [2.24, 2.45) is 11.8 Å². The maximum Gasteiger partial charge on any atom is 0.410 e. The van der Waals surface area contributed by atoms with E-state index in [1.807, 2.05) is 128 Å². The fourth-order valence-corrected chi connectivity index (χ4v) is 9.99. The largest absolute Gasteiger partial charge is 0.445 e. The van der Waals surface area contributed by atoms with Crippen LogP contribution in [0.15, 0.2) is 152 Å². The zero-order valence-corrected chi connectivity index (χ0v) is 44.0. The fraction of sp³-hybridized carbons (Fsp3) is 0.383. The molecule has 5 aromatic carbocycles. The van der Waals surface area contributed by atoms with Gasteiger partial charge in [0.15, 0.2) is 0 Å². The molecular weight excluding hydrogens is 949 g/mol. The van der Waals surface area contributed by atoms with Gasteiger partial charge in [-0.1, -0.05) is 147 Å². The number of carbonyl (C=O) groups excluding carboxylic acids is 3. The van der Waals surface area contributed by atoms with Crippen LogP contribution in [0.4, 0.5) is 16.2 Å². The summed E-state index contributed by atoms with van der Waals surface area (Å²) in [6, 6.07) is 46.5. The number of anilines is 2. The smallest absolute Gasteiger partial charge is 0.410 e. The number of nitrogens with one attached hydrogen (secondary N) is 2. The van der Waals surface area contributed by atoms with Gasteiger partial charge >= 0.3 is 6.09 Å². The number of H-pyrrole nitrogens is 2. The molecule has 2 saturated heterocycles. The molecule has 4 heterocycles. The number of halogens is 1. The first-order valence-corrected chi connectivity index (χ1v) is 27.0. The molecule has 0 spiro atoms. The Hall–Kier alpha value is -6.17. The lowest BCUT2D eigenvalue weighted by Gasteiger charge is -2.35. The zero-order valence-electron chi connectivity index (χ0n) is 42.4. The summed E-state index contributed by atoms with van der Waals surface area (Å²) in [5, 5.41) is 3.70. The van der Waals surface area contributed by atoms with Gasteiger partial charge in [-0.25, -0.2) is 4.79 Å². The molecule has 376 valence electrons. The average molecular weight is 1020 g/mol. The van der Waals surface area contributed by atoms with Gasteiger partial charge in [-0.05, 0) is 110 Å². The van der Waals surface area contributed by atoms with Crippen molar-refractivity contribution in [2.75, 3.05) is 60.9 Å². The van der Waals surface area contributed by atoms with Crippen LogP contribution < -0.4 is 9.80 Å². The highest BCUT2D eigenvalue weighted by molar-refractivity contribution is 9.09. The number of aryl methyl sites for hydroxylation is 1. The van der Waals surface area contributed by atoms with Crippen LogP contribution >= 0.6 is 15.9 Å². The molecular formula is C60H75BrN6O4. The minimum Gasteiger partial charge on any atom is -0.445 e. The first-order valence-electron chi connectivity index (χ1n) is 25.9. The van der Waals surface area contributed by atoms with Crippen molar-refractivity contribution in [3.63, 3.8) is 0 Å². The number of benzene rings is 5. The summed E-state index contributed by atoms with van der Waals surface area (Å²) in [5.74, 6) is 1.10. The van der Waals surface area contributed by atoms with E-state index in [1.165, 1.54) is 45.8 Å². The molecule has 2 fully saturated rings. The minimum atomic E-state index is -0.276. The molecule has 0 unspecified atom stereocenters. The fourth-order valence-electron chi connectivity index (χ4n) is 9.57. The molecule has 2 aromatic heterocycles. The molecule has 7 aromatic rings. The van der Waals surface area contributed by atoms with Crippen molar-refractivity contribution in [1.82, 2.24) is 19.8 Å². The van der Waals surface area contributed by atoms with Gasteiger partial charge in [0.05, 0.1) is 0 Å². The maximum absolute atomic E-state index is 12.6. The molecule has 3 amide bonds. The van der Waals surface area contributed by atoms with Crippen molar-refractivity contribution in [3.8, 4) is 0 Å². The van der Waals surface area contributed by atoms with E-state index in [0.29, 0.717) is 38.4 Å². The van der Waals surface area contributed by atoms with Crippen LogP contribution in [0.25, 0.3) is 21.8 Å². The number of alkyl halides is 1. The SMILES string of the molecule is BrCCc1c[nH]c2ccccc12.CC.CCC(=O)N(C[C@@H]1CCCN(C(=O)OCc2ccccc2)C1)c1ccccc1.CCC(=O)N(C[C@@H]1CCCN(CCc2c[nH]c3ccccc23)C1)c1ccccc1. The number of ether oxygens (including phenoxy) is 1. The Balaban J connectivity index is 0.000000184. The average Bonchev–Trinajstić information content (AvgIpc) is 4.06. The Bertz CT molecular complexity index is 2640. The normalized spacial score (nSPS) is 15.5. The Labute approximate surface area is 430 Å². The van der Waals surface area contributed by atoms with Gasteiger partial charge in [-0.15, -0.1) is 0 Å². The summed E-state index contributed by atoms with van der Waals surface area (Å²) < 4.78 is 5.48. The molecule has 0 radical (unpaired) electrons. The third-order valence-electron chi connectivity index (χ3n) is 13.2. The van der Waals surface area contributed by atoms with E-state index in [9.17, 15) is 14.4 Å². The molecule has 9 rings (SSSR count). The number of para-hydroxylation sites is 4. The van der Waals surface area contributed by atoms with Crippen LogP contribution in [0.2, 0.25) is 0 Å². The summed E-state index contributed by atoms with van der Waals surface area (Å²) in [6.07, 6.45) is 11.5. The second kappa shape index (κ2) is 29.2. The molecule has 0 aliphatic carbocycles. The highest BCUT2D eigenvalue weighted by atomic mass is 79.9. The van der Waals surface area contributed by atoms with Crippen molar-refractivity contribution in [1.29, 1.82) is 0 Å². The first-order chi connectivity index (χ1) is 34.8. The lowest BCUT2D eigenvalue weighted by atomic mass is 9.96. The number of hydrogen-bond acceptors (Lipinski definition) is 5. The number of rotatable bonds is 15.